The summed E-state index contributed by atoms with van der Waals surface area (Å²) < 4.78 is 0. The third kappa shape index (κ3) is 174. The average molecular weight is 302 g/mol. The van der Waals surface area contributed by atoms with E-state index in [9.17, 15) is 0 Å². The molecule has 0 saturated carbocycles. The molecule has 0 heterocycles. The van der Waals surface area contributed by atoms with Gasteiger partial charge < -0.3 is 27.4 Å². The Kier molecular flexibility index (Phi) is 7380. The molecule has 0 aromatic carbocycles. The fraction of sp³-hybridized carbons (Fsp3) is 0. The molecular weight excluding hydrogens is 302 g/mol. The molecular formula is Co2Cr2O5. The molecule has 0 fully saturated rings. The summed E-state index contributed by atoms with van der Waals surface area (Å²) in [6.07, 6.45) is 0. The van der Waals surface area contributed by atoms with Gasteiger partial charge in [0.05, 0.1) is 0 Å². The van der Waals surface area contributed by atoms with Crippen LogP contribution in [0.2, 0.25) is 0 Å². The Morgan fingerprint density at radius 1 is 0.333 bits per heavy atom. The Balaban J connectivity index is 0. The van der Waals surface area contributed by atoms with Gasteiger partial charge in [0.15, 0.2) is 0 Å². The van der Waals surface area contributed by atoms with Crippen LogP contribution in [-0.2, 0) is 95.7 Å². The van der Waals surface area contributed by atoms with Gasteiger partial charge in [-0.2, -0.15) is 0 Å². The van der Waals surface area contributed by atoms with Gasteiger partial charge in [-0.05, 0) is 0 Å². The first-order chi connectivity index (χ1) is 0. The first kappa shape index (κ1) is 301. The van der Waals surface area contributed by atoms with E-state index in [4.69, 9.17) is 0 Å². The molecule has 0 aliphatic rings. The summed E-state index contributed by atoms with van der Waals surface area (Å²) in [5, 5.41) is 0. The molecule has 9 heavy (non-hydrogen) atoms. The van der Waals surface area contributed by atoms with Crippen molar-refractivity contribution in [3.8, 4) is 0 Å². The SMILES string of the molecule is [Co+2].[Co+2].[Cr+3].[Cr+3].[O-2].[O-2].[O-2].[O-2].[O-2]. The zero-order valence-electron chi connectivity index (χ0n) is 3.52. The van der Waals surface area contributed by atoms with Crippen LogP contribution in [0.25, 0.3) is 0 Å². The molecule has 0 aliphatic heterocycles. The summed E-state index contributed by atoms with van der Waals surface area (Å²) in [6.45, 7) is 0. The quantitative estimate of drug-likeness (QED) is 0.563. The van der Waals surface area contributed by atoms with E-state index in [-0.39, 0.29) is 95.7 Å². The molecule has 5 nitrogen and oxygen atoms in total. The topological polar surface area (TPSA) is 142 Å². The van der Waals surface area contributed by atoms with Crippen molar-refractivity contribution in [2.24, 2.45) is 0 Å². The predicted molar refractivity (Wildman–Crippen MR) is 3.43 cm³/mol. The molecule has 0 spiro atoms. The van der Waals surface area contributed by atoms with Crippen LogP contribution in [0, 0.1) is 0 Å². The molecule has 0 unspecified atom stereocenters. The van der Waals surface area contributed by atoms with E-state index in [0.29, 0.717) is 0 Å². The Hall–Kier alpha value is 1.88. The second-order valence-electron chi connectivity index (χ2n) is 0. The van der Waals surface area contributed by atoms with Crippen LogP contribution in [0.5, 0.6) is 0 Å². The maximum Gasteiger partial charge on any atom is 3.00 e. The normalized spacial score (nSPS) is 0. The van der Waals surface area contributed by atoms with Crippen molar-refractivity contribution in [3.63, 3.8) is 0 Å². The molecule has 0 aromatic rings. The molecule has 0 aromatic heterocycles. The van der Waals surface area contributed by atoms with Gasteiger partial charge in [-0.1, -0.05) is 0 Å². The van der Waals surface area contributed by atoms with E-state index >= 15 is 0 Å². The van der Waals surface area contributed by atoms with Crippen LogP contribution in [0.1, 0.15) is 0 Å². The third-order valence-electron chi connectivity index (χ3n) is 0. The van der Waals surface area contributed by atoms with Crippen LogP contribution in [0.15, 0.2) is 0 Å². The monoisotopic (exact) mass is 302 g/mol. The van der Waals surface area contributed by atoms with Gasteiger partial charge in [-0.15, -0.1) is 0 Å². The molecule has 0 aliphatic carbocycles. The van der Waals surface area contributed by atoms with E-state index in [2.05, 4.69) is 0 Å². The standard InChI is InChI=1S/2Co.2Cr.5O/q2*+2;2*+3;5*-2. The molecule has 0 bridgehead atoms. The van der Waals surface area contributed by atoms with Crippen LogP contribution in [-0.4, -0.2) is 0 Å². The largest absolute Gasteiger partial charge is 3.00 e. The fourth-order valence-corrected chi connectivity index (χ4v) is 0. The number of hydrogen-bond acceptors (Lipinski definition) is 0. The van der Waals surface area contributed by atoms with Gasteiger partial charge >= 0.3 is 68.3 Å². The fourth-order valence-electron chi connectivity index (χ4n) is 0. The minimum Gasteiger partial charge on any atom is -2.00 e. The molecule has 9 heteroatoms. The maximum absolute atomic E-state index is 0. The van der Waals surface area contributed by atoms with Crippen molar-refractivity contribution < 1.29 is 95.7 Å². The number of rotatable bonds is 0. The Bertz CT molecular complexity index is 12.9. The van der Waals surface area contributed by atoms with Crippen molar-refractivity contribution in [2.45, 2.75) is 0 Å². The van der Waals surface area contributed by atoms with Crippen LogP contribution >= 0.6 is 0 Å². The van der Waals surface area contributed by atoms with Gasteiger partial charge in [-0.25, -0.2) is 0 Å². The van der Waals surface area contributed by atoms with E-state index in [1.165, 1.54) is 0 Å². The van der Waals surface area contributed by atoms with E-state index in [0.717, 1.165) is 0 Å². The predicted octanol–water partition coefficient (Wildman–Crippen LogP) is -0.604. The van der Waals surface area contributed by atoms with Crippen molar-refractivity contribution in [1.29, 1.82) is 0 Å². The van der Waals surface area contributed by atoms with E-state index < -0.39 is 0 Å². The van der Waals surface area contributed by atoms with E-state index in [1.54, 1.807) is 0 Å². The van der Waals surface area contributed by atoms with Crippen LogP contribution in [0.4, 0.5) is 0 Å². The molecule has 0 saturated heterocycles. The summed E-state index contributed by atoms with van der Waals surface area (Å²) in [5.41, 5.74) is 0. The first-order valence-electron chi connectivity index (χ1n) is 0. The summed E-state index contributed by atoms with van der Waals surface area (Å²) in [6, 6.07) is 0. The summed E-state index contributed by atoms with van der Waals surface area (Å²) in [4.78, 5) is 0. The third-order valence-corrected chi connectivity index (χ3v) is 0. The van der Waals surface area contributed by atoms with Gasteiger partial charge in [0.2, 0.25) is 0 Å². The Morgan fingerprint density at radius 2 is 0.333 bits per heavy atom. The minimum absolute atomic E-state index is 0. The van der Waals surface area contributed by atoms with Gasteiger partial charge in [0.1, 0.15) is 0 Å². The summed E-state index contributed by atoms with van der Waals surface area (Å²) >= 11 is 0. The zero-order chi connectivity index (χ0) is 0. The van der Waals surface area contributed by atoms with Crippen LogP contribution in [0.3, 0.4) is 0 Å². The van der Waals surface area contributed by atoms with Crippen LogP contribution < -0.4 is 0 Å². The average Bonchev–Trinajstić information content (AvgIpc) is 0. The molecule has 0 atom stereocenters. The summed E-state index contributed by atoms with van der Waals surface area (Å²) in [5.74, 6) is 0. The Labute approximate surface area is 95.2 Å². The molecule has 4 radical (unpaired) electrons. The van der Waals surface area contributed by atoms with Gasteiger partial charge in [0, 0.05) is 0 Å². The van der Waals surface area contributed by atoms with Gasteiger partial charge in [0.25, 0.3) is 0 Å². The smallest absolute Gasteiger partial charge is 2.00 e. The molecule has 0 amide bonds. The second kappa shape index (κ2) is 221. The number of hydrogen-bond donors (Lipinski definition) is 0. The van der Waals surface area contributed by atoms with Gasteiger partial charge in [-0.3, -0.25) is 0 Å². The molecule has 0 N–H and O–H groups in total. The van der Waals surface area contributed by atoms with Crippen molar-refractivity contribution in [1.82, 2.24) is 0 Å². The maximum atomic E-state index is 0. The first-order valence-corrected chi connectivity index (χ1v) is 0. The summed E-state index contributed by atoms with van der Waals surface area (Å²) in [7, 11) is 0. The second-order valence-corrected chi connectivity index (χ2v) is 0. The van der Waals surface area contributed by atoms with Crippen molar-refractivity contribution >= 4 is 0 Å². The van der Waals surface area contributed by atoms with Crippen molar-refractivity contribution in [3.05, 3.63) is 0 Å². The zero-order valence-corrected chi connectivity index (χ0v) is 8.16. The van der Waals surface area contributed by atoms with Crippen molar-refractivity contribution in [2.75, 3.05) is 0 Å². The van der Waals surface area contributed by atoms with E-state index in [1.807, 2.05) is 0 Å². The molecule has 0 rings (SSSR count). The molecule has 60 valence electrons. The Morgan fingerprint density at radius 3 is 0.333 bits per heavy atom. The minimum atomic E-state index is 0.